The smallest absolute Gasteiger partial charge is 0.123 e. The van der Waals surface area contributed by atoms with Gasteiger partial charge in [-0.1, -0.05) is 24.3 Å². The Morgan fingerprint density at radius 1 is 0.536 bits per heavy atom. The second-order valence-corrected chi connectivity index (χ2v) is 8.54. The van der Waals surface area contributed by atoms with Crippen LogP contribution in [0.15, 0.2) is 72.8 Å². The van der Waals surface area contributed by atoms with Gasteiger partial charge in [0.2, 0.25) is 0 Å². The summed E-state index contributed by atoms with van der Waals surface area (Å²) in [6.45, 7) is 0. The average molecular weight is 414 g/mol. The van der Waals surface area contributed by atoms with Gasteiger partial charge in [0, 0.05) is 19.5 Å². The van der Waals surface area contributed by atoms with Gasteiger partial charge >= 0.3 is 0 Å². The molecule has 2 N–H and O–H groups in total. The number of hydrogen-bond acceptors (Lipinski definition) is 4. The minimum Gasteiger partial charge on any atom is -0.383 e. The van der Waals surface area contributed by atoms with Crippen LogP contribution in [0.25, 0.3) is 9.75 Å². The van der Waals surface area contributed by atoms with Crippen LogP contribution < -0.4 is 0 Å². The summed E-state index contributed by atoms with van der Waals surface area (Å²) in [5.74, 6) is -0.678. The largest absolute Gasteiger partial charge is 0.383 e. The molecule has 4 rings (SSSR count). The van der Waals surface area contributed by atoms with E-state index in [0.29, 0.717) is 11.1 Å². The van der Waals surface area contributed by atoms with Crippen LogP contribution in [0.4, 0.5) is 8.78 Å². The zero-order valence-corrected chi connectivity index (χ0v) is 16.2. The monoisotopic (exact) mass is 414 g/mol. The highest BCUT2D eigenvalue weighted by Gasteiger charge is 2.17. The summed E-state index contributed by atoms with van der Waals surface area (Å²) in [6, 6.07) is 19.1. The van der Waals surface area contributed by atoms with Crippen LogP contribution in [0.2, 0.25) is 0 Å². The number of hydrogen-bond donors (Lipinski definition) is 2. The van der Waals surface area contributed by atoms with Crippen molar-refractivity contribution >= 4 is 22.7 Å². The van der Waals surface area contributed by atoms with Gasteiger partial charge in [0.25, 0.3) is 0 Å². The molecule has 0 aliphatic heterocycles. The molecule has 142 valence electrons. The van der Waals surface area contributed by atoms with Gasteiger partial charge in [0.1, 0.15) is 23.8 Å². The summed E-state index contributed by atoms with van der Waals surface area (Å²) in [4.78, 5) is 3.46. The molecule has 28 heavy (non-hydrogen) atoms. The number of rotatable bonds is 5. The Hall–Kier alpha value is -2.38. The number of halogens is 2. The van der Waals surface area contributed by atoms with E-state index in [2.05, 4.69) is 0 Å². The fraction of sp³-hybridized carbons (Fsp3) is 0.0909. The summed E-state index contributed by atoms with van der Waals surface area (Å²) in [5.41, 5.74) is 1.27. The van der Waals surface area contributed by atoms with Crippen LogP contribution in [-0.4, -0.2) is 10.2 Å². The van der Waals surface area contributed by atoms with Crippen molar-refractivity contribution in [2.45, 2.75) is 12.2 Å². The number of aliphatic hydroxyl groups excluding tert-OH is 2. The zero-order valence-electron chi connectivity index (χ0n) is 14.5. The summed E-state index contributed by atoms with van der Waals surface area (Å²) >= 11 is 2.90. The normalized spacial score (nSPS) is 13.4. The van der Waals surface area contributed by atoms with Crippen molar-refractivity contribution in [3.05, 3.63) is 105 Å². The molecular weight excluding hydrogens is 398 g/mol. The molecular formula is C22H16F2O2S2. The molecule has 2 unspecified atom stereocenters. The van der Waals surface area contributed by atoms with Gasteiger partial charge in [0.05, 0.1) is 0 Å². The lowest BCUT2D eigenvalue weighted by molar-refractivity contribution is 0.224. The first-order valence-corrected chi connectivity index (χ1v) is 10.2. The molecule has 0 radical (unpaired) electrons. The minimum absolute atomic E-state index is 0.339. The molecule has 2 aromatic heterocycles. The number of aliphatic hydroxyl groups is 2. The van der Waals surface area contributed by atoms with E-state index in [0.717, 1.165) is 19.5 Å². The fourth-order valence-corrected chi connectivity index (χ4v) is 5.02. The van der Waals surface area contributed by atoms with Crippen molar-refractivity contribution in [3.63, 3.8) is 0 Å². The van der Waals surface area contributed by atoms with Gasteiger partial charge in [-0.15, -0.1) is 22.7 Å². The molecule has 0 bridgehead atoms. The van der Waals surface area contributed by atoms with Crippen molar-refractivity contribution in [1.82, 2.24) is 0 Å². The topological polar surface area (TPSA) is 40.5 Å². The fourth-order valence-electron chi connectivity index (χ4n) is 2.88. The highest BCUT2D eigenvalue weighted by Crippen LogP contribution is 2.39. The first-order valence-electron chi connectivity index (χ1n) is 8.58. The molecule has 2 atom stereocenters. The highest BCUT2D eigenvalue weighted by molar-refractivity contribution is 7.22. The molecule has 0 saturated carbocycles. The van der Waals surface area contributed by atoms with E-state index in [1.54, 1.807) is 24.3 Å². The summed E-state index contributed by atoms with van der Waals surface area (Å²) in [6.07, 6.45) is -1.63. The van der Waals surface area contributed by atoms with Crippen LogP contribution in [0.1, 0.15) is 33.1 Å². The third-order valence-corrected chi connectivity index (χ3v) is 6.88. The van der Waals surface area contributed by atoms with Crippen molar-refractivity contribution in [2.24, 2.45) is 0 Å². The van der Waals surface area contributed by atoms with Gasteiger partial charge in [-0.05, 0) is 59.7 Å². The van der Waals surface area contributed by atoms with E-state index in [-0.39, 0.29) is 11.6 Å². The molecule has 2 nitrogen and oxygen atoms in total. The Balaban J connectivity index is 1.54. The standard InChI is InChI=1S/C22H16F2O2S2/c23-15-5-1-13(2-6-15)21(25)19-11-9-17(27-19)18-10-12-20(28-18)22(26)14-3-7-16(24)8-4-14/h1-12,21-22,25-26H. The van der Waals surface area contributed by atoms with Crippen LogP contribution >= 0.6 is 22.7 Å². The van der Waals surface area contributed by atoms with E-state index >= 15 is 0 Å². The van der Waals surface area contributed by atoms with E-state index in [9.17, 15) is 19.0 Å². The Kier molecular flexibility index (Phi) is 5.37. The molecule has 0 saturated heterocycles. The SMILES string of the molecule is OC(c1ccc(F)cc1)c1ccc(-c2ccc(C(O)c3ccc(F)cc3)s2)s1. The Bertz CT molecular complexity index is 981. The maximum atomic E-state index is 13.1. The summed E-state index contributed by atoms with van der Waals surface area (Å²) in [5, 5.41) is 21.1. The van der Waals surface area contributed by atoms with Crippen LogP contribution in [0.3, 0.4) is 0 Å². The van der Waals surface area contributed by atoms with Gasteiger partial charge in [0.15, 0.2) is 0 Å². The number of benzene rings is 2. The quantitative estimate of drug-likeness (QED) is 0.426. The molecule has 6 heteroatoms. The Labute approximate surface area is 169 Å². The maximum absolute atomic E-state index is 13.1. The molecule has 0 spiro atoms. The van der Waals surface area contributed by atoms with Gasteiger partial charge < -0.3 is 10.2 Å². The Morgan fingerprint density at radius 2 is 0.893 bits per heavy atom. The van der Waals surface area contributed by atoms with Crippen LogP contribution in [0, 0.1) is 11.6 Å². The predicted molar refractivity (Wildman–Crippen MR) is 109 cm³/mol. The molecule has 0 aliphatic carbocycles. The highest BCUT2D eigenvalue weighted by atomic mass is 32.1. The minimum atomic E-state index is -0.816. The molecule has 0 fully saturated rings. The van der Waals surface area contributed by atoms with E-state index in [1.807, 2.05) is 24.3 Å². The van der Waals surface area contributed by atoms with Gasteiger partial charge in [-0.3, -0.25) is 0 Å². The zero-order chi connectivity index (χ0) is 19.7. The van der Waals surface area contributed by atoms with Crippen molar-refractivity contribution in [2.75, 3.05) is 0 Å². The van der Waals surface area contributed by atoms with Crippen LogP contribution in [0.5, 0.6) is 0 Å². The maximum Gasteiger partial charge on any atom is 0.123 e. The molecule has 0 amide bonds. The first-order chi connectivity index (χ1) is 13.5. The molecule has 2 aromatic carbocycles. The lowest BCUT2D eigenvalue weighted by Gasteiger charge is -2.08. The molecule has 0 aliphatic rings. The molecule has 2 heterocycles. The third-order valence-electron chi connectivity index (χ3n) is 4.41. The van der Waals surface area contributed by atoms with Crippen molar-refractivity contribution in [1.29, 1.82) is 0 Å². The van der Waals surface area contributed by atoms with Crippen molar-refractivity contribution in [3.8, 4) is 9.75 Å². The summed E-state index contributed by atoms with van der Waals surface area (Å²) < 4.78 is 26.1. The van der Waals surface area contributed by atoms with Gasteiger partial charge in [-0.25, -0.2) is 8.78 Å². The van der Waals surface area contributed by atoms with E-state index in [4.69, 9.17) is 0 Å². The number of thiophene rings is 2. The lowest BCUT2D eigenvalue weighted by atomic mass is 10.1. The van der Waals surface area contributed by atoms with Crippen LogP contribution in [-0.2, 0) is 0 Å². The third kappa shape index (κ3) is 3.91. The summed E-state index contributed by atoms with van der Waals surface area (Å²) in [7, 11) is 0. The second-order valence-electron chi connectivity index (χ2n) is 6.31. The Morgan fingerprint density at radius 3 is 1.25 bits per heavy atom. The van der Waals surface area contributed by atoms with E-state index in [1.165, 1.54) is 46.9 Å². The molecule has 4 aromatic rings. The first kappa shape index (κ1) is 19.0. The van der Waals surface area contributed by atoms with Gasteiger partial charge in [-0.2, -0.15) is 0 Å². The second kappa shape index (κ2) is 7.93. The van der Waals surface area contributed by atoms with Crippen molar-refractivity contribution < 1.29 is 19.0 Å². The lowest BCUT2D eigenvalue weighted by Crippen LogP contribution is -1.96. The average Bonchev–Trinajstić information content (AvgIpc) is 3.38. The van der Waals surface area contributed by atoms with E-state index < -0.39 is 12.2 Å². The predicted octanol–water partition coefficient (Wildman–Crippen LogP) is 5.92.